The van der Waals surface area contributed by atoms with Crippen molar-refractivity contribution in [2.75, 3.05) is 31.1 Å². The molecule has 1 aromatic heterocycles. The van der Waals surface area contributed by atoms with Gasteiger partial charge in [0.05, 0.1) is 11.5 Å². The van der Waals surface area contributed by atoms with E-state index in [1.165, 1.54) is 17.8 Å². The van der Waals surface area contributed by atoms with Crippen molar-refractivity contribution in [3.63, 3.8) is 0 Å². The number of nitrogens with zero attached hydrogens (tertiary/aromatic N) is 4. The molecule has 1 unspecified atom stereocenters. The molecule has 1 spiro atoms. The van der Waals surface area contributed by atoms with Gasteiger partial charge in [-0.05, 0) is 32.1 Å². The van der Waals surface area contributed by atoms with Gasteiger partial charge < -0.3 is 9.64 Å². The SMILES string of the molecule is CC(C)c1nnc(N2CC(C(=O)N3CCC4(CCCCO4)CC3)CC2=O)s1. The fourth-order valence-corrected chi connectivity index (χ4v) is 5.20. The van der Waals surface area contributed by atoms with Crippen LogP contribution >= 0.6 is 11.3 Å². The van der Waals surface area contributed by atoms with Crippen molar-refractivity contribution < 1.29 is 14.3 Å². The number of anilines is 1. The number of carbonyl (C=O) groups is 2. The third-order valence-electron chi connectivity index (χ3n) is 6.05. The van der Waals surface area contributed by atoms with E-state index in [1.807, 2.05) is 4.90 Å². The number of ether oxygens (including phenoxy) is 1. The zero-order chi connectivity index (χ0) is 19.0. The topological polar surface area (TPSA) is 75.6 Å². The molecular weight excluding hydrogens is 364 g/mol. The Hall–Kier alpha value is -1.54. The first kappa shape index (κ1) is 18.8. The third-order valence-corrected chi connectivity index (χ3v) is 7.30. The predicted octanol–water partition coefficient (Wildman–Crippen LogP) is 2.58. The van der Waals surface area contributed by atoms with Gasteiger partial charge in [0.2, 0.25) is 16.9 Å². The van der Waals surface area contributed by atoms with E-state index in [2.05, 4.69) is 24.0 Å². The van der Waals surface area contributed by atoms with E-state index in [9.17, 15) is 9.59 Å². The van der Waals surface area contributed by atoms with Gasteiger partial charge in [-0.15, -0.1) is 10.2 Å². The van der Waals surface area contributed by atoms with Crippen molar-refractivity contribution >= 4 is 28.3 Å². The Balaban J connectivity index is 1.36. The number of amides is 2. The fraction of sp³-hybridized carbons (Fsp3) is 0.789. The first-order chi connectivity index (χ1) is 13.0. The lowest BCUT2D eigenvalue weighted by Crippen LogP contribution is -2.50. The zero-order valence-electron chi connectivity index (χ0n) is 16.1. The number of piperidine rings is 1. The minimum Gasteiger partial charge on any atom is -0.375 e. The van der Waals surface area contributed by atoms with Crippen molar-refractivity contribution in [3.8, 4) is 0 Å². The van der Waals surface area contributed by atoms with Crippen LogP contribution in [0.3, 0.4) is 0 Å². The summed E-state index contributed by atoms with van der Waals surface area (Å²) >= 11 is 1.45. The molecule has 3 aliphatic heterocycles. The molecule has 3 fully saturated rings. The van der Waals surface area contributed by atoms with Crippen LogP contribution in [0.25, 0.3) is 0 Å². The summed E-state index contributed by atoms with van der Waals surface area (Å²) in [7, 11) is 0. The number of carbonyl (C=O) groups excluding carboxylic acids is 2. The molecule has 1 atom stereocenters. The number of hydrogen-bond acceptors (Lipinski definition) is 6. The van der Waals surface area contributed by atoms with Crippen molar-refractivity contribution in [3.05, 3.63) is 5.01 Å². The normalized spacial score (nSPS) is 25.6. The molecule has 0 bridgehead atoms. The molecule has 0 aromatic carbocycles. The molecule has 3 aliphatic rings. The van der Waals surface area contributed by atoms with Crippen molar-refractivity contribution in [2.24, 2.45) is 5.92 Å². The predicted molar refractivity (Wildman–Crippen MR) is 103 cm³/mol. The van der Waals surface area contributed by atoms with Crippen LogP contribution < -0.4 is 4.90 Å². The van der Waals surface area contributed by atoms with E-state index in [-0.39, 0.29) is 35.7 Å². The maximum atomic E-state index is 13.0. The Morgan fingerprint density at radius 1 is 1.22 bits per heavy atom. The molecule has 27 heavy (non-hydrogen) atoms. The molecule has 4 rings (SSSR count). The highest BCUT2D eigenvalue weighted by molar-refractivity contribution is 7.15. The van der Waals surface area contributed by atoms with Crippen LogP contribution in [-0.4, -0.2) is 58.8 Å². The highest BCUT2D eigenvalue weighted by Crippen LogP contribution is 2.36. The molecule has 0 N–H and O–H groups in total. The van der Waals surface area contributed by atoms with E-state index >= 15 is 0 Å². The van der Waals surface area contributed by atoms with Gasteiger partial charge in [-0.1, -0.05) is 25.2 Å². The van der Waals surface area contributed by atoms with Gasteiger partial charge in [-0.3, -0.25) is 14.5 Å². The Morgan fingerprint density at radius 3 is 2.63 bits per heavy atom. The van der Waals surface area contributed by atoms with Crippen LogP contribution in [0, 0.1) is 5.92 Å². The van der Waals surface area contributed by atoms with Crippen LogP contribution in [-0.2, 0) is 14.3 Å². The standard InChI is InChI=1S/C19H28N4O3S/c1-13(2)16-20-21-18(27-16)23-12-14(11-15(23)24)17(25)22-8-6-19(7-9-22)5-3-4-10-26-19/h13-14H,3-12H2,1-2H3. The second-order valence-electron chi connectivity index (χ2n) is 8.30. The Morgan fingerprint density at radius 2 is 2.00 bits per heavy atom. The van der Waals surface area contributed by atoms with Gasteiger partial charge in [0.25, 0.3) is 0 Å². The van der Waals surface area contributed by atoms with E-state index in [4.69, 9.17) is 4.74 Å². The first-order valence-electron chi connectivity index (χ1n) is 10.0. The maximum Gasteiger partial charge on any atom is 0.229 e. The molecule has 8 heteroatoms. The summed E-state index contributed by atoms with van der Waals surface area (Å²) in [5, 5.41) is 9.87. The lowest BCUT2D eigenvalue weighted by Gasteiger charge is -2.44. The lowest BCUT2D eigenvalue weighted by molar-refractivity contribution is -0.146. The summed E-state index contributed by atoms with van der Waals surface area (Å²) in [6.45, 7) is 6.85. The lowest BCUT2D eigenvalue weighted by atomic mass is 9.84. The molecule has 1 aromatic rings. The Kier molecular flexibility index (Phi) is 5.20. The summed E-state index contributed by atoms with van der Waals surface area (Å²) in [5.41, 5.74) is -0.00757. The highest BCUT2D eigenvalue weighted by atomic mass is 32.1. The molecular formula is C19H28N4O3S. The highest BCUT2D eigenvalue weighted by Gasteiger charge is 2.42. The van der Waals surface area contributed by atoms with Gasteiger partial charge in [0, 0.05) is 38.6 Å². The number of aromatic nitrogens is 2. The summed E-state index contributed by atoms with van der Waals surface area (Å²) in [4.78, 5) is 29.0. The van der Waals surface area contributed by atoms with E-state index < -0.39 is 0 Å². The number of likely N-dealkylation sites (tertiary alicyclic amines) is 1. The van der Waals surface area contributed by atoms with Gasteiger partial charge >= 0.3 is 0 Å². The maximum absolute atomic E-state index is 13.0. The first-order valence-corrected chi connectivity index (χ1v) is 10.9. The van der Waals surface area contributed by atoms with E-state index in [0.29, 0.717) is 11.7 Å². The summed E-state index contributed by atoms with van der Waals surface area (Å²) < 4.78 is 6.06. The second kappa shape index (κ2) is 7.47. The number of hydrogen-bond donors (Lipinski definition) is 0. The largest absolute Gasteiger partial charge is 0.375 e. The smallest absolute Gasteiger partial charge is 0.229 e. The monoisotopic (exact) mass is 392 g/mol. The molecule has 0 radical (unpaired) electrons. The Labute approximate surface area is 164 Å². The molecule has 0 aliphatic carbocycles. The molecule has 4 heterocycles. The quantitative estimate of drug-likeness (QED) is 0.790. The van der Waals surface area contributed by atoms with Crippen molar-refractivity contribution in [1.82, 2.24) is 15.1 Å². The van der Waals surface area contributed by atoms with E-state index in [0.717, 1.165) is 50.4 Å². The van der Waals surface area contributed by atoms with E-state index in [1.54, 1.807) is 4.90 Å². The fourth-order valence-electron chi connectivity index (χ4n) is 4.32. The van der Waals surface area contributed by atoms with Gasteiger partial charge in [0.1, 0.15) is 5.01 Å². The Bertz CT molecular complexity index is 704. The zero-order valence-corrected chi connectivity index (χ0v) is 17.0. The van der Waals surface area contributed by atoms with Crippen LogP contribution in [0.4, 0.5) is 5.13 Å². The molecule has 148 valence electrons. The van der Waals surface area contributed by atoms with Crippen molar-refractivity contribution in [1.29, 1.82) is 0 Å². The second-order valence-corrected chi connectivity index (χ2v) is 9.28. The van der Waals surface area contributed by atoms with Crippen LogP contribution in [0.15, 0.2) is 0 Å². The molecule has 0 saturated carbocycles. The van der Waals surface area contributed by atoms with Gasteiger partial charge in [0.15, 0.2) is 0 Å². The van der Waals surface area contributed by atoms with Crippen LogP contribution in [0.2, 0.25) is 0 Å². The average Bonchev–Trinajstić information content (AvgIpc) is 3.29. The minimum absolute atomic E-state index is 0.00757. The molecule has 2 amide bonds. The summed E-state index contributed by atoms with van der Waals surface area (Å²) in [6, 6.07) is 0. The molecule has 3 saturated heterocycles. The third kappa shape index (κ3) is 3.74. The van der Waals surface area contributed by atoms with Crippen molar-refractivity contribution in [2.45, 2.75) is 63.9 Å². The average molecular weight is 393 g/mol. The van der Waals surface area contributed by atoms with Gasteiger partial charge in [-0.25, -0.2) is 0 Å². The molecule has 7 nitrogen and oxygen atoms in total. The summed E-state index contributed by atoms with van der Waals surface area (Å²) in [6.07, 6.45) is 5.58. The van der Waals surface area contributed by atoms with Crippen LogP contribution in [0.1, 0.15) is 63.3 Å². The minimum atomic E-state index is -0.273. The summed E-state index contributed by atoms with van der Waals surface area (Å²) in [5.74, 6) is 0.0910. The van der Waals surface area contributed by atoms with Gasteiger partial charge in [-0.2, -0.15) is 0 Å². The number of rotatable bonds is 3. The van der Waals surface area contributed by atoms with Crippen LogP contribution in [0.5, 0.6) is 0 Å².